The van der Waals surface area contributed by atoms with Gasteiger partial charge in [0.25, 0.3) is 0 Å². The predicted molar refractivity (Wildman–Crippen MR) is 70.7 cm³/mol. The Morgan fingerprint density at radius 3 is 1.61 bits per heavy atom. The van der Waals surface area contributed by atoms with E-state index < -0.39 is 0 Å². The van der Waals surface area contributed by atoms with Gasteiger partial charge in [-0.3, -0.25) is 0 Å². The van der Waals surface area contributed by atoms with Gasteiger partial charge in [0.1, 0.15) is 13.6 Å². The first kappa shape index (κ1) is 22.1. The SMILES string of the molecule is C#CCCO.C#CCCOCOC.COCOC. The Labute approximate surface area is 110 Å². The molecule has 0 heterocycles. The Bertz CT molecular complexity index is 191. The molecule has 18 heavy (non-hydrogen) atoms. The largest absolute Gasteiger partial charge is 0.395 e. The van der Waals surface area contributed by atoms with Crippen LogP contribution >= 0.6 is 0 Å². The number of aliphatic hydroxyl groups is 1. The van der Waals surface area contributed by atoms with Crippen LogP contribution < -0.4 is 0 Å². The van der Waals surface area contributed by atoms with Crippen molar-refractivity contribution in [2.24, 2.45) is 0 Å². The summed E-state index contributed by atoms with van der Waals surface area (Å²) < 4.78 is 18.4. The minimum atomic E-state index is 0.108. The van der Waals surface area contributed by atoms with Crippen molar-refractivity contribution in [3.8, 4) is 24.7 Å². The Balaban J connectivity index is -0.000000197. The van der Waals surface area contributed by atoms with E-state index in [0.717, 1.165) is 0 Å². The first-order chi connectivity index (χ1) is 8.74. The van der Waals surface area contributed by atoms with Gasteiger partial charge in [-0.2, -0.15) is 0 Å². The molecule has 0 saturated carbocycles. The van der Waals surface area contributed by atoms with Gasteiger partial charge in [0.2, 0.25) is 0 Å². The molecule has 0 unspecified atom stereocenters. The summed E-state index contributed by atoms with van der Waals surface area (Å²) in [4.78, 5) is 0. The summed E-state index contributed by atoms with van der Waals surface area (Å²) >= 11 is 0. The summed E-state index contributed by atoms with van der Waals surface area (Å²) in [7, 11) is 4.75. The fourth-order valence-electron chi connectivity index (χ4n) is 0.456. The maximum Gasteiger partial charge on any atom is 0.146 e. The quantitative estimate of drug-likeness (QED) is 0.418. The van der Waals surface area contributed by atoms with Crippen LogP contribution in [0.1, 0.15) is 12.8 Å². The van der Waals surface area contributed by atoms with E-state index in [1.54, 1.807) is 21.3 Å². The molecule has 0 spiro atoms. The van der Waals surface area contributed by atoms with Gasteiger partial charge in [-0.15, -0.1) is 24.7 Å². The molecule has 0 bridgehead atoms. The van der Waals surface area contributed by atoms with Crippen LogP contribution in [-0.4, -0.2) is 53.2 Å². The molecule has 5 heteroatoms. The van der Waals surface area contributed by atoms with Gasteiger partial charge in [0.05, 0.1) is 13.2 Å². The van der Waals surface area contributed by atoms with Crippen molar-refractivity contribution >= 4 is 0 Å². The second kappa shape index (κ2) is 29.7. The van der Waals surface area contributed by atoms with Crippen molar-refractivity contribution in [1.82, 2.24) is 0 Å². The van der Waals surface area contributed by atoms with E-state index in [0.29, 0.717) is 33.0 Å². The zero-order valence-electron chi connectivity index (χ0n) is 11.5. The summed E-state index contributed by atoms with van der Waals surface area (Å²) in [6.07, 6.45) is 10.8. The third kappa shape index (κ3) is 46.1. The third-order valence-electron chi connectivity index (χ3n) is 1.08. The first-order valence-corrected chi connectivity index (χ1v) is 5.27. The average Bonchev–Trinajstić information content (AvgIpc) is 2.38. The highest BCUT2D eigenvalue weighted by atomic mass is 16.7. The number of hydrogen-bond acceptors (Lipinski definition) is 5. The van der Waals surface area contributed by atoms with Gasteiger partial charge >= 0.3 is 0 Å². The Morgan fingerprint density at radius 2 is 1.39 bits per heavy atom. The molecular weight excluding hydrogens is 236 g/mol. The van der Waals surface area contributed by atoms with Crippen LogP contribution in [0.5, 0.6) is 0 Å². The van der Waals surface area contributed by atoms with Crippen LogP contribution in [-0.2, 0) is 18.9 Å². The lowest BCUT2D eigenvalue weighted by Gasteiger charge is -1.96. The molecule has 0 aliphatic heterocycles. The zero-order valence-corrected chi connectivity index (χ0v) is 11.5. The molecule has 0 aromatic carbocycles. The molecule has 0 aliphatic carbocycles. The molecule has 0 aliphatic rings. The fraction of sp³-hybridized carbons (Fsp3) is 0.692. The van der Waals surface area contributed by atoms with Crippen molar-refractivity contribution in [3.05, 3.63) is 0 Å². The normalized spacial score (nSPS) is 7.89. The van der Waals surface area contributed by atoms with Crippen molar-refractivity contribution in [2.75, 3.05) is 48.1 Å². The highest BCUT2D eigenvalue weighted by Gasteiger charge is 1.79. The molecule has 5 nitrogen and oxygen atoms in total. The average molecular weight is 260 g/mol. The number of ether oxygens (including phenoxy) is 4. The van der Waals surface area contributed by atoms with Crippen LogP contribution in [0.2, 0.25) is 0 Å². The summed E-state index contributed by atoms with van der Waals surface area (Å²) in [6, 6.07) is 0. The Kier molecular flexibility index (Phi) is 36.5. The van der Waals surface area contributed by atoms with Crippen LogP contribution in [0.25, 0.3) is 0 Å². The molecule has 0 aromatic heterocycles. The Hall–Kier alpha value is -1.08. The van der Waals surface area contributed by atoms with Gasteiger partial charge in [-0.1, -0.05) is 0 Å². The van der Waals surface area contributed by atoms with E-state index >= 15 is 0 Å². The van der Waals surface area contributed by atoms with Crippen molar-refractivity contribution < 1.29 is 24.1 Å². The van der Waals surface area contributed by atoms with Crippen molar-refractivity contribution in [3.63, 3.8) is 0 Å². The summed E-state index contributed by atoms with van der Waals surface area (Å²) in [5, 5.41) is 7.92. The number of rotatable bonds is 7. The van der Waals surface area contributed by atoms with E-state index in [4.69, 9.17) is 22.7 Å². The molecule has 0 amide bonds. The molecule has 0 rings (SSSR count). The summed E-state index contributed by atoms with van der Waals surface area (Å²) in [5.74, 6) is 4.71. The minimum Gasteiger partial charge on any atom is -0.395 e. The van der Waals surface area contributed by atoms with Crippen LogP contribution in [0, 0.1) is 24.7 Å². The van der Waals surface area contributed by atoms with E-state index in [1.165, 1.54) is 0 Å². The molecule has 0 saturated heterocycles. The van der Waals surface area contributed by atoms with Gasteiger partial charge in [-0.05, 0) is 0 Å². The Morgan fingerprint density at radius 1 is 0.889 bits per heavy atom. The molecule has 0 radical (unpaired) electrons. The molecular formula is C13H24O5. The van der Waals surface area contributed by atoms with Crippen LogP contribution in [0.4, 0.5) is 0 Å². The molecule has 1 N–H and O–H groups in total. The van der Waals surface area contributed by atoms with Crippen molar-refractivity contribution in [2.45, 2.75) is 12.8 Å². The van der Waals surface area contributed by atoms with Crippen molar-refractivity contribution in [1.29, 1.82) is 0 Å². The number of aliphatic hydroxyl groups excluding tert-OH is 1. The van der Waals surface area contributed by atoms with Gasteiger partial charge in [0.15, 0.2) is 0 Å². The minimum absolute atomic E-state index is 0.108. The maximum absolute atomic E-state index is 7.92. The third-order valence-corrected chi connectivity index (χ3v) is 1.08. The lowest BCUT2D eigenvalue weighted by molar-refractivity contribution is -0.0281. The van der Waals surface area contributed by atoms with E-state index in [9.17, 15) is 0 Å². The second-order valence-corrected chi connectivity index (χ2v) is 2.64. The molecule has 106 valence electrons. The first-order valence-electron chi connectivity index (χ1n) is 5.27. The summed E-state index contributed by atoms with van der Waals surface area (Å²) in [6.45, 7) is 1.42. The lowest BCUT2D eigenvalue weighted by Crippen LogP contribution is -1.96. The van der Waals surface area contributed by atoms with Gasteiger partial charge in [-0.25, -0.2) is 0 Å². The monoisotopic (exact) mass is 260 g/mol. The predicted octanol–water partition coefficient (Wildman–Crippen LogP) is 0.869. The fourth-order valence-corrected chi connectivity index (χ4v) is 0.456. The highest BCUT2D eigenvalue weighted by molar-refractivity contribution is 4.82. The number of methoxy groups -OCH3 is 3. The zero-order chi connectivity index (χ0) is 14.5. The summed E-state index contributed by atoms with van der Waals surface area (Å²) in [5.41, 5.74) is 0. The van der Waals surface area contributed by atoms with E-state index in [2.05, 4.69) is 26.1 Å². The van der Waals surface area contributed by atoms with E-state index in [1.807, 2.05) is 0 Å². The number of terminal acetylenes is 2. The molecule has 0 fully saturated rings. The van der Waals surface area contributed by atoms with Gasteiger partial charge in [0, 0.05) is 34.2 Å². The molecule has 0 aromatic rings. The van der Waals surface area contributed by atoms with E-state index in [-0.39, 0.29) is 6.61 Å². The smallest absolute Gasteiger partial charge is 0.146 e. The maximum atomic E-state index is 7.92. The highest BCUT2D eigenvalue weighted by Crippen LogP contribution is 1.78. The standard InChI is InChI=1S/C6H10O2.C4H6O.C3H8O2/c1-3-4-5-8-6-7-2;1-2-3-4-5;1-4-3-5-2/h1H,4-6H2,2H3;1,5H,3-4H2;3H2,1-2H3. The lowest BCUT2D eigenvalue weighted by atomic mass is 10.5. The van der Waals surface area contributed by atoms with Gasteiger partial charge < -0.3 is 24.1 Å². The second-order valence-electron chi connectivity index (χ2n) is 2.64. The topological polar surface area (TPSA) is 57.2 Å². The number of hydrogen-bond donors (Lipinski definition) is 1. The van der Waals surface area contributed by atoms with Crippen LogP contribution in [0.3, 0.4) is 0 Å². The molecule has 0 atom stereocenters. The van der Waals surface area contributed by atoms with Crippen LogP contribution in [0.15, 0.2) is 0 Å².